The number of carbonyl (C=O) groups is 3. The van der Waals surface area contributed by atoms with Gasteiger partial charge in [0.15, 0.2) is 0 Å². The van der Waals surface area contributed by atoms with Crippen LogP contribution in [-0.4, -0.2) is 74.6 Å². The first-order chi connectivity index (χ1) is 28.8. The number of hydrogen-bond donors (Lipinski definition) is 0. The maximum atomic E-state index is 13.2. The van der Waals surface area contributed by atoms with Crippen LogP contribution in [0.2, 0.25) is 0 Å². The summed E-state index contributed by atoms with van der Waals surface area (Å²) in [5, 5.41) is 0. The number of cyclic esters (lactones) is 2. The third kappa shape index (κ3) is 29.3. The van der Waals surface area contributed by atoms with Gasteiger partial charge in [-0.2, -0.15) is 0 Å². The highest BCUT2D eigenvalue weighted by Crippen LogP contribution is 2.41. The molecule has 1 aliphatic carbocycles. The van der Waals surface area contributed by atoms with Crippen molar-refractivity contribution in [2.75, 3.05) is 46.9 Å². The molecule has 2 rings (SSSR count). The molecule has 59 heavy (non-hydrogen) atoms. The number of nitrogens with zero attached hydrogens (tertiary/aromatic N) is 2. The van der Waals surface area contributed by atoms with Crippen molar-refractivity contribution in [1.29, 1.82) is 0 Å². The molecule has 1 aliphatic heterocycles. The third-order valence-corrected chi connectivity index (χ3v) is 13.9. The van der Waals surface area contributed by atoms with Crippen LogP contribution in [0.1, 0.15) is 245 Å². The van der Waals surface area contributed by atoms with Gasteiger partial charge in [0.1, 0.15) is 0 Å². The highest BCUT2D eigenvalue weighted by Gasteiger charge is 2.29. The van der Waals surface area contributed by atoms with Crippen LogP contribution in [0.15, 0.2) is 0 Å². The summed E-state index contributed by atoms with van der Waals surface area (Å²) in [5.74, 6) is 3.61. The summed E-state index contributed by atoms with van der Waals surface area (Å²) in [6.07, 6.45) is 42.1. The van der Waals surface area contributed by atoms with Crippen molar-refractivity contribution < 1.29 is 23.9 Å². The van der Waals surface area contributed by atoms with E-state index in [0.29, 0.717) is 32.5 Å². The van der Waals surface area contributed by atoms with E-state index in [1.807, 2.05) is 19.0 Å². The predicted octanol–water partition coefficient (Wildman–Crippen LogP) is 14.0. The quantitative estimate of drug-likeness (QED) is 0.128. The van der Waals surface area contributed by atoms with Gasteiger partial charge in [0.05, 0.1) is 13.2 Å². The Balaban J connectivity index is 1.91. The molecule has 2 fully saturated rings. The lowest BCUT2D eigenvalue weighted by Gasteiger charge is -2.37. The lowest BCUT2D eigenvalue weighted by Crippen LogP contribution is -2.33. The zero-order chi connectivity index (χ0) is 42.6. The maximum Gasteiger partial charge on any atom is 0.305 e. The van der Waals surface area contributed by atoms with E-state index in [9.17, 15) is 14.4 Å². The summed E-state index contributed by atoms with van der Waals surface area (Å²) in [5.41, 5.74) is 0. The van der Waals surface area contributed by atoms with Gasteiger partial charge >= 0.3 is 11.9 Å². The molecule has 1 saturated carbocycles. The summed E-state index contributed by atoms with van der Waals surface area (Å²) in [7, 11) is 4.10. The maximum absolute atomic E-state index is 13.2. The van der Waals surface area contributed by atoms with Crippen LogP contribution in [0.5, 0.6) is 0 Å². The lowest BCUT2D eigenvalue weighted by molar-refractivity contribution is -0.144. The minimum Gasteiger partial charge on any atom is -0.466 e. The monoisotopic (exact) mass is 831 g/mol. The average Bonchev–Trinajstić information content (AvgIpc) is 3.21. The summed E-state index contributed by atoms with van der Waals surface area (Å²) in [6.45, 7) is 8.08. The zero-order valence-electron chi connectivity index (χ0n) is 39.7. The molecule has 0 radical (unpaired) electrons. The lowest BCUT2D eigenvalue weighted by atomic mass is 9.69. The van der Waals surface area contributed by atoms with Crippen molar-refractivity contribution in [2.24, 2.45) is 23.7 Å². The first-order valence-corrected chi connectivity index (χ1v) is 26.1. The van der Waals surface area contributed by atoms with Crippen LogP contribution >= 0.6 is 0 Å². The second-order valence-electron chi connectivity index (χ2n) is 19.4. The van der Waals surface area contributed by atoms with E-state index in [1.54, 1.807) is 0 Å². The van der Waals surface area contributed by atoms with Crippen molar-refractivity contribution in [3.8, 4) is 0 Å². The number of fused-ring (bicyclic) bond motifs is 1. The van der Waals surface area contributed by atoms with Crippen LogP contribution in [0.25, 0.3) is 0 Å². The largest absolute Gasteiger partial charge is 0.466 e. The smallest absolute Gasteiger partial charge is 0.305 e. The number of rotatable bonds is 14. The number of amides is 1. The van der Waals surface area contributed by atoms with Gasteiger partial charge in [0.25, 0.3) is 0 Å². The first kappa shape index (κ1) is 53.5. The molecule has 0 spiro atoms. The Morgan fingerprint density at radius 1 is 0.525 bits per heavy atom. The Bertz CT molecular complexity index is 953. The van der Waals surface area contributed by atoms with Gasteiger partial charge in [0.2, 0.25) is 5.91 Å². The predicted molar refractivity (Wildman–Crippen MR) is 249 cm³/mol. The van der Waals surface area contributed by atoms with E-state index in [-0.39, 0.29) is 17.8 Å². The molecule has 1 heterocycles. The van der Waals surface area contributed by atoms with E-state index in [1.165, 1.54) is 154 Å². The van der Waals surface area contributed by atoms with Gasteiger partial charge in [0, 0.05) is 32.4 Å². The molecule has 1 amide bonds. The van der Waals surface area contributed by atoms with Crippen molar-refractivity contribution in [2.45, 2.75) is 245 Å². The molecule has 346 valence electrons. The van der Waals surface area contributed by atoms with Gasteiger partial charge in [-0.1, -0.05) is 155 Å². The fraction of sp³-hybridized carbons (Fsp3) is 0.942. The van der Waals surface area contributed by atoms with Gasteiger partial charge in [-0.25, -0.2) is 0 Å². The summed E-state index contributed by atoms with van der Waals surface area (Å²) < 4.78 is 11.4. The van der Waals surface area contributed by atoms with Gasteiger partial charge in [-0.05, 0) is 115 Å². The average molecular weight is 831 g/mol. The van der Waals surface area contributed by atoms with Crippen molar-refractivity contribution >= 4 is 17.8 Å². The first-order valence-electron chi connectivity index (χ1n) is 26.1. The van der Waals surface area contributed by atoms with Crippen LogP contribution in [0, 0.1) is 23.7 Å². The van der Waals surface area contributed by atoms with Crippen LogP contribution in [-0.2, 0) is 23.9 Å². The molecule has 1 saturated heterocycles. The van der Waals surface area contributed by atoms with Gasteiger partial charge in [-0.3, -0.25) is 14.4 Å². The number of unbranched alkanes of at least 4 members (excludes halogenated alkanes) is 6. The summed E-state index contributed by atoms with van der Waals surface area (Å²) in [4.78, 5) is 42.6. The highest BCUT2D eigenvalue weighted by molar-refractivity contribution is 5.76. The van der Waals surface area contributed by atoms with Crippen molar-refractivity contribution in [1.82, 2.24) is 9.80 Å². The van der Waals surface area contributed by atoms with E-state index in [4.69, 9.17) is 9.47 Å². The Kier molecular flexibility index (Phi) is 33.5. The molecule has 0 N–H and O–H groups in total. The molecule has 4 atom stereocenters. The molecule has 0 aromatic rings. The Labute approximate surface area is 366 Å². The second kappa shape index (κ2) is 37.0. The number of hydrogen-bond acceptors (Lipinski definition) is 6. The second-order valence-corrected chi connectivity index (χ2v) is 19.4. The standard InChI is InChI=1S/C52H98N2O5/c1-5-7-9-15-28-46-30-17-11-19-34-48-39-40-49(48)35-20-12-18-31-47(29-16-10-8-6-2)33-27-45-59-52(57)38-22-14-24-43-54(50(55)36-25-41-53(3)4)42-23-13-21-37-51(56)58-44-26-32-46/h46-49H,5-45H2,1-4H3. The minimum atomic E-state index is -0.0661. The fourth-order valence-electron chi connectivity index (χ4n) is 9.84. The molecular weight excluding hydrogens is 733 g/mol. The summed E-state index contributed by atoms with van der Waals surface area (Å²) in [6, 6.07) is 0. The molecule has 2 aliphatic rings. The fourth-order valence-corrected chi connectivity index (χ4v) is 9.84. The molecule has 7 nitrogen and oxygen atoms in total. The molecule has 0 aromatic heterocycles. The van der Waals surface area contributed by atoms with Crippen LogP contribution < -0.4 is 0 Å². The molecule has 0 bridgehead atoms. The SMILES string of the molecule is CCCCCCC1CCCCCC2CCC2CCCCCC(CCCCCC)CCCOC(=O)CCCCCN(C(=O)CCCN(C)C)CCCCCC(=O)OCCC1. The van der Waals surface area contributed by atoms with Gasteiger partial charge in [-0.15, -0.1) is 0 Å². The Morgan fingerprint density at radius 3 is 1.41 bits per heavy atom. The van der Waals surface area contributed by atoms with Crippen LogP contribution in [0.3, 0.4) is 0 Å². The molecule has 4 unspecified atom stereocenters. The molecular formula is C52H98N2O5. The topological polar surface area (TPSA) is 76.2 Å². The third-order valence-electron chi connectivity index (χ3n) is 13.9. The number of ether oxygens (including phenoxy) is 2. The number of carbonyl (C=O) groups excluding carboxylic acids is 3. The zero-order valence-corrected chi connectivity index (χ0v) is 39.7. The summed E-state index contributed by atoms with van der Waals surface area (Å²) >= 11 is 0. The molecule has 7 heteroatoms. The van der Waals surface area contributed by atoms with Crippen LogP contribution in [0.4, 0.5) is 0 Å². The number of esters is 2. The molecule has 0 aromatic carbocycles. The van der Waals surface area contributed by atoms with E-state index in [2.05, 4.69) is 18.7 Å². The van der Waals surface area contributed by atoms with Crippen molar-refractivity contribution in [3.05, 3.63) is 0 Å². The minimum absolute atomic E-state index is 0.0661. The van der Waals surface area contributed by atoms with Crippen molar-refractivity contribution in [3.63, 3.8) is 0 Å². The van der Waals surface area contributed by atoms with Gasteiger partial charge < -0.3 is 19.3 Å². The Morgan fingerprint density at radius 2 is 0.966 bits per heavy atom. The van der Waals surface area contributed by atoms with E-state index < -0.39 is 0 Å². The highest BCUT2D eigenvalue weighted by atomic mass is 16.5. The van der Waals surface area contributed by atoms with E-state index in [0.717, 1.165) is 101 Å². The Hall–Kier alpha value is -1.63. The van der Waals surface area contributed by atoms with E-state index >= 15 is 0 Å². The normalized spacial score (nSPS) is 24.8.